The van der Waals surface area contributed by atoms with Gasteiger partial charge in [0.2, 0.25) is 5.91 Å². The summed E-state index contributed by atoms with van der Waals surface area (Å²) in [5, 5.41) is 2.51. The molecule has 1 unspecified atom stereocenters. The third-order valence-electron chi connectivity index (χ3n) is 5.70. The van der Waals surface area contributed by atoms with E-state index in [2.05, 4.69) is 5.32 Å². The summed E-state index contributed by atoms with van der Waals surface area (Å²) in [6.45, 7) is 1.33. The highest BCUT2D eigenvalue weighted by molar-refractivity contribution is 6.00. The van der Waals surface area contributed by atoms with E-state index in [1.165, 1.54) is 11.9 Å². The Bertz CT molecular complexity index is 820. The fourth-order valence-electron chi connectivity index (χ4n) is 3.81. The quantitative estimate of drug-likeness (QED) is 0.578. The van der Waals surface area contributed by atoms with E-state index < -0.39 is 6.04 Å². The standard InChI is InChI=1S/C21H28N4O5/c1-23-19(27)6-5-15(12-26)25-11-17-16(21(25)29)3-2-4-18(17)30-13-20(28)24-9-7-14(22)8-10-24/h2-4,12,14-15H,5-11,13,22H2,1H3,(H,23,27). The molecule has 3 N–H and O–H groups in total. The van der Waals surface area contributed by atoms with Crippen molar-refractivity contribution < 1.29 is 23.9 Å². The Morgan fingerprint density at radius 3 is 2.73 bits per heavy atom. The SMILES string of the molecule is CNC(=O)CCC(C=O)N1Cc2c(OCC(=O)N3CCC(N)CC3)cccc2C1=O. The second kappa shape index (κ2) is 9.71. The molecule has 9 nitrogen and oxygen atoms in total. The number of carbonyl (C=O) groups excluding carboxylic acids is 4. The van der Waals surface area contributed by atoms with Crippen LogP contribution >= 0.6 is 0 Å². The number of nitrogens with two attached hydrogens (primary N) is 1. The lowest BCUT2D eigenvalue weighted by Gasteiger charge is -2.30. The van der Waals surface area contributed by atoms with Gasteiger partial charge in [-0.2, -0.15) is 0 Å². The summed E-state index contributed by atoms with van der Waals surface area (Å²) in [6.07, 6.45) is 2.64. The number of hydrogen-bond acceptors (Lipinski definition) is 6. The number of piperidine rings is 1. The molecule has 0 aliphatic carbocycles. The number of hydrogen-bond donors (Lipinski definition) is 2. The lowest BCUT2D eigenvalue weighted by molar-refractivity contribution is -0.134. The number of benzene rings is 1. The first kappa shape index (κ1) is 21.8. The van der Waals surface area contributed by atoms with Gasteiger partial charge in [0.05, 0.1) is 12.6 Å². The normalized spacial score (nSPS) is 17.5. The molecule has 0 spiro atoms. The van der Waals surface area contributed by atoms with Gasteiger partial charge in [-0.25, -0.2) is 0 Å². The van der Waals surface area contributed by atoms with Crippen molar-refractivity contribution in [2.45, 2.75) is 44.3 Å². The topological polar surface area (TPSA) is 122 Å². The number of nitrogens with one attached hydrogen (secondary N) is 1. The Labute approximate surface area is 175 Å². The van der Waals surface area contributed by atoms with Gasteiger partial charge in [-0.15, -0.1) is 0 Å². The fourth-order valence-corrected chi connectivity index (χ4v) is 3.81. The van der Waals surface area contributed by atoms with Gasteiger partial charge in [0.1, 0.15) is 12.0 Å². The molecular formula is C21H28N4O5. The van der Waals surface area contributed by atoms with Crippen molar-refractivity contribution in [1.29, 1.82) is 0 Å². The number of fused-ring (bicyclic) bond motifs is 1. The summed E-state index contributed by atoms with van der Waals surface area (Å²) in [6, 6.07) is 4.53. The fraction of sp³-hybridized carbons (Fsp3) is 0.524. The Morgan fingerprint density at radius 1 is 1.33 bits per heavy atom. The number of ether oxygens (including phenoxy) is 1. The minimum atomic E-state index is -0.700. The first-order valence-electron chi connectivity index (χ1n) is 10.2. The summed E-state index contributed by atoms with van der Waals surface area (Å²) in [5.74, 6) is -0.119. The summed E-state index contributed by atoms with van der Waals surface area (Å²) in [5.41, 5.74) is 6.99. The second-order valence-electron chi connectivity index (χ2n) is 7.64. The molecule has 1 aromatic carbocycles. The minimum Gasteiger partial charge on any atom is -0.483 e. The third kappa shape index (κ3) is 4.79. The van der Waals surface area contributed by atoms with Gasteiger partial charge in [-0.1, -0.05) is 6.07 Å². The molecule has 3 amide bonds. The van der Waals surface area contributed by atoms with Crippen LogP contribution in [0.4, 0.5) is 0 Å². The highest BCUT2D eigenvalue weighted by Gasteiger charge is 2.35. The first-order valence-corrected chi connectivity index (χ1v) is 10.2. The monoisotopic (exact) mass is 416 g/mol. The van der Waals surface area contributed by atoms with Gasteiger partial charge in [0.25, 0.3) is 11.8 Å². The molecule has 1 aromatic rings. The second-order valence-corrected chi connectivity index (χ2v) is 7.64. The third-order valence-corrected chi connectivity index (χ3v) is 5.70. The van der Waals surface area contributed by atoms with Gasteiger partial charge in [0.15, 0.2) is 6.61 Å². The van der Waals surface area contributed by atoms with E-state index in [1.54, 1.807) is 23.1 Å². The van der Waals surface area contributed by atoms with Crippen molar-refractivity contribution in [2.75, 3.05) is 26.7 Å². The maximum atomic E-state index is 12.8. The van der Waals surface area contributed by atoms with Crippen molar-refractivity contribution in [3.8, 4) is 5.75 Å². The van der Waals surface area contributed by atoms with E-state index in [4.69, 9.17) is 10.5 Å². The molecule has 1 fully saturated rings. The molecule has 2 aliphatic rings. The molecule has 2 aliphatic heterocycles. The Morgan fingerprint density at radius 2 is 2.07 bits per heavy atom. The van der Waals surface area contributed by atoms with Crippen LogP contribution in [0.3, 0.4) is 0 Å². The zero-order valence-corrected chi connectivity index (χ0v) is 17.1. The Kier molecular flexibility index (Phi) is 7.04. The molecule has 0 bridgehead atoms. The lowest BCUT2D eigenvalue weighted by Crippen LogP contribution is -2.44. The number of nitrogens with zero attached hydrogens (tertiary/aromatic N) is 2. The van der Waals surface area contributed by atoms with Gasteiger partial charge < -0.3 is 30.4 Å². The number of carbonyl (C=O) groups is 4. The van der Waals surface area contributed by atoms with Crippen molar-refractivity contribution in [3.05, 3.63) is 29.3 Å². The zero-order chi connectivity index (χ0) is 21.7. The summed E-state index contributed by atoms with van der Waals surface area (Å²) in [4.78, 5) is 51.5. The van der Waals surface area contributed by atoms with E-state index in [1.807, 2.05) is 0 Å². The molecule has 1 atom stereocenters. The molecule has 0 saturated carbocycles. The van der Waals surface area contributed by atoms with Crippen LogP contribution in [0.15, 0.2) is 18.2 Å². The number of likely N-dealkylation sites (tertiary alicyclic amines) is 1. The molecule has 9 heteroatoms. The predicted octanol–water partition coefficient (Wildman–Crippen LogP) is 0.0646. The number of amides is 3. The van der Waals surface area contributed by atoms with Crippen LogP contribution in [0, 0.1) is 0 Å². The molecule has 162 valence electrons. The van der Waals surface area contributed by atoms with Crippen LogP contribution in [-0.4, -0.2) is 72.6 Å². The molecule has 0 radical (unpaired) electrons. The van der Waals surface area contributed by atoms with Gasteiger partial charge in [0, 0.05) is 43.7 Å². The van der Waals surface area contributed by atoms with Crippen LogP contribution in [0.5, 0.6) is 5.75 Å². The van der Waals surface area contributed by atoms with Crippen LogP contribution in [0.2, 0.25) is 0 Å². The molecular weight excluding hydrogens is 388 g/mol. The molecule has 2 heterocycles. The van der Waals surface area contributed by atoms with Crippen LogP contribution in [0.1, 0.15) is 41.6 Å². The van der Waals surface area contributed by atoms with Crippen LogP contribution < -0.4 is 15.8 Å². The van der Waals surface area contributed by atoms with Crippen molar-refractivity contribution in [2.24, 2.45) is 5.73 Å². The molecule has 3 rings (SSSR count). The average molecular weight is 416 g/mol. The largest absolute Gasteiger partial charge is 0.483 e. The van der Waals surface area contributed by atoms with Crippen molar-refractivity contribution in [3.63, 3.8) is 0 Å². The van der Waals surface area contributed by atoms with Crippen LogP contribution in [0.25, 0.3) is 0 Å². The summed E-state index contributed by atoms with van der Waals surface area (Å²) >= 11 is 0. The van der Waals surface area contributed by atoms with E-state index >= 15 is 0 Å². The van der Waals surface area contributed by atoms with Gasteiger partial charge in [-0.3, -0.25) is 14.4 Å². The minimum absolute atomic E-state index is 0.114. The predicted molar refractivity (Wildman–Crippen MR) is 109 cm³/mol. The summed E-state index contributed by atoms with van der Waals surface area (Å²) < 4.78 is 5.76. The first-order chi connectivity index (χ1) is 14.4. The number of aldehydes is 1. The van der Waals surface area contributed by atoms with E-state index in [0.717, 1.165) is 12.8 Å². The molecule has 30 heavy (non-hydrogen) atoms. The molecule has 0 aromatic heterocycles. The van der Waals surface area contributed by atoms with E-state index in [0.29, 0.717) is 36.3 Å². The summed E-state index contributed by atoms with van der Waals surface area (Å²) in [7, 11) is 1.53. The zero-order valence-electron chi connectivity index (χ0n) is 17.1. The highest BCUT2D eigenvalue weighted by Crippen LogP contribution is 2.32. The number of rotatable bonds is 8. The highest BCUT2D eigenvalue weighted by atomic mass is 16.5. The van der Waals surface area contributed by atoms with Crippen molar-refractivity contribution >= 4 is 24.0 Å². The lowest BCUT2D eigenvalue weighted by atomic mass is 10.1. The molecule has 1 saturated heterocycles. The van der Waals surface area contributed by atoms with Gasteiger partial charge >= 0.3 is 0 Å². The smallest absolute Gasteiger partial charge is 0.260 e. The van der Waals surface area contributed by atoms with Crippen LogP contribution in [-0.2, 0) is 20.9 Å². The Hall–Kier alpha value is -2.94. The van der Waals surface area contributed by atoms with E-state index in [-0.39, 0.29) is 49.8 Å². The Balaban J connectivity index is 1.65. The maximum absolute atomic E-state index is 12.8. The average Bonchev–Trinajstić information content (AvgIpc) is 3.10. The van der Waals surface area contributed by atoms with Crippen molar-refractivity contribution in [1.82, 2.24) is 15.1 Å². The van der Waals surface area contributed by atoms with E-state index in [9.17, 15) is 19.2 Å². The van der Waals surface area contributed by atoms with Gasteiger partial charge in [-0.05, 0) is 31.4 Å². The maximum Gasteiger partial charge on any atom is 0.260 e.